The van der Waals surface area contributed by atoms with Crippen LogP contribution in [0.15, 0.2) is 0 Å². The summed E-state index contributed by atoms with van der Waals surface area (Å²) in [6.45, 7) is 6.73. The van der Waals surface area contributed by atoms with Crippen LogP contribution in [-0.2, 0) is 6.42 Å². The molecule has 1 aromatic rings. The van der Waals surface area contributed by atoms with Crippen molar-refractivity contribution >= 4 is 16.7 Å². The van der Waals surface area contributed by atoms with E-state index < -0.39 is 0 Å². The van der Waals surface area contributed by atoms with E-state index >= 15 is 0 Å². The summed E-state index contributed by atoms with van der Waals surface area (Å²) in [5.41, 5.74) is 0. The third-order valence-electron chi connectivity index (χ3n) is 3.08. The van der Waals surface area contributed by atoms with Gasteiger partial charge >= 0.3 is 0 Å². The van der Waals surface area contributed by atoms with E-state index in [1.807, 2.05) is 0 Å². The Morgan fingerprint density at radius 3 is 2.88 bits per heavy atom. The fourth-order valence-electron chi connectivity index (χ4n) is 2.27. The van der Waals surface area contributed by atoms with Gasteiger partial charge in [-0.3, -0.25) is 0 Å². The molecule has 2 unspecified atom stereocenters. The predicted molar refractivity (Wildman–Crippen MR) is 68.9 cm³/mol. The summed E-state index contributed by atoms with van der Waals surface area (Å²) < 4.78 is 4.39. The van der Waals surface area contributed by atoms with E-state index in [2.05, 4.69) is 35.4 Å². The fraction of sp³-hybridized carbons (Fsp3) is 0.833. The van der Waals surface area contributed by atoms with E-state index in [0.717, 1.165) is 23.3 Å². The highest BCUT2D eigenvalue weighted by molar-refractivity contribution is 7.09. The van der Waals surface area contributed by atoms with Crippen molar-refractivity contribution < 1.29 is 0 Å². The lowest BCUT2D eigenvalue weighted by atomic mass is 10.1. The van der Waals surface area contributed by atoms with Crippen LogP contribution in [0.4, 0.5) is 5.13 Å². The summed E-state index contributed by atoms with van der Waals surface area (Å²) in [7, 11) is 0. The number of hydrogen-bond donors (Lipinski definition) is 1. The lowest BCUT2D eigenvalue weighted by Gasteiger charge is -2.09. The number of hydrogen-bond acceptors (Lipinski definition) is 4. The molecule has 1 saturated carbocycles. The molecule has 0 spiro atoms. The fourth-order valence-corrected chi connectivity index (χ4v) is 2.95. The summed E-state index contributed by atoms with van der Waals surface area (Å²) in [4.78, 5) is 4.54. The van der Waals surface area contributed by atoms with Crippen molar-refractivity contribution in [2.45, 2.75) is 52.5 Å². The van der Waals surface area contributed by atoms with Crippen LogP contribution in [-0.4, -0.2) is 15.4 Å². The van der Waals surface area contributed by atoms with Gasteiger partial charge in [0.05, 0.1) is 0 Å². The van der Waals surface area contributed by atoms with Gasteiger partial charge in [-0.15, -0.1) is 0 Å². The molecule has 0 radical (unpaired) electrons. The molecule has 0 amide bonds. The van der Waals surface area contributed by atoms with Gasteiger partial charge in [-0.25, -0.2) is 4.98 Å². The third kappa shape index (κ3) is 3.17. The molecule has 90 valence electrons. The van der Waals surface area contributed by atoms with Gasteiger partial charge in [-0.2, -0.15) is 4.37 Å². The molecule has 0 aromatic carbocycles. The number of nitrogens with zero attached hydrogens (tertiary/aromatic N) is 2. The van der Waals surface area contributed by atoms with Crippen LogP contribution in [0.1, 0.15) is 45.9 Å². The smallest absolute Gasteiger partial charge is 0.202 e. The minimum Gasteiger partial charge on any atom is -0.358 e. The largest absolute Gasteiger partial charge is 0.358 e. The van der Waals surface area contributed by atoms with E-state index in [1.165, 1.54) is 30.8 Å². The van der Waals surface area contributed by atoms with Gasteiger partial charge in [0, 0.05) is 24.0 Å². The van der Waals surface area contributed by atoms with Gasteiger partial charge in [0.15, 0.2) is 0 Å². The van der Waals surface area contributed by atoms with Crippen molar-refractivity contribution in [2.24, 2.45) is 11.8 Å². The molecule has 1 aliphatic carbocycles. The van der Waals surface area contributed by atoms with Crippen LogP contribution in [0.2, 0.25) is 0 Å². The topological polar surface area (TPSA) is 37.8 Å². The van der Waals surface area contributed by atoms with Crippen LogP contribution in [0.25, 0.3) is 0 Å². The molecule has 3 nitrogen and oxygen atoms in total. The summed E-state index contributed by atoms with van der Waals surface area (Å²) >= 11 is 1.51. The number of rotatable bonds is 4. The van der Waals surface area contributed by atoms with Crippen LogP contribution in [0.3, 0.4) is 0 Å². The summed E-state index contributed by atoms with van der Waals surface area (Å²) in [5.74, 6) is 2.49. The normalized spacial score (nSPS) is 25.2. The molecule has 2 atom stereocenters. The highest BCUT2D eigenvalue weighted by atomic mass is 32.1. The quantitative estimate of drug-likeness (QED) is 0.875. The molecule has 1 aliphatic rings. The van der Waals surface area contributed by atoms with Crippen molar-refractivity contribution in [2.75, 3.05) is 5.32 Å². The Bertz CT molecular complexity index is 335. The molecule has 1 N–H and O–H groups in total. The molecule has 1 fully saturated rings. The summed E-state index contributed by atoms with van der Waals surface area (Å²) in [6, 6.07) is 0.620. The Balaban J connectivity index is 1.87. The second kappa shape index (κ2) is 5.13. The first-order valence-corrected chi connectivity index (χ1v) is 7.00. The van der Waals surface area contributed by atoms with Crippen molar-refractivity contribution in [1.29, 1.82) is 0 Å². The highest BCUT2D eigenvalue weighted by Gasteiger charge is 2.22. The van der Waals surface area contributed by atoms with E-state index in [1.54, 1.807) is 0 Å². The molecule has 16 heavy (non-hydrogen) atoms. The Morgan fingerprint density at radius 1 is 1.44 bits per heavy atom. The van der Waals surface area contributed by atoms with Gasteiger partial charge in [0.25, 0.3) is 0 Å². The van der Waals surface area contributed by atoms with Crippen molar-refractivity contribution in [3.8, 4) is 0 Å². The summed E-state index contributed by atoms with van der Waals surface area (Å²) in [6.07, 6.45) is 4.88. The minimum absolute atomic E-state index is 0.620. The third-order valence-corrected chi connectivity index (χ3v) is 3.77. The summed E-state index contributed by atoms with van der Waals surface area (Å²) in [5, 5.41) is 4.52. The maximum atomic E-state index is 4.54. The number of nitrogens with one attached hydrogen (secondary N) is 1. The lowest BCUT2D eigenvalue weighted by Crippen LogP contribution is -2.15. The van der Waals surface area contributed by atoms with Gasteiger partial charge in [-0.1, -0.05) is 20.8 Å². The number of anilines is 1. The monoisotopic (exact) mass is 239 g/mol. The van der Waals surface area contributed by atoms with Crippen LogP contribution in [0, 0.1) is 11.8 Å². The Labute approximate surface area is 102 Å². The average molecular weight is 239 g/mol. The van der Waals surface area contributed by atoms with Gasteiger partial charge in [-0.05, 0) is 31.1 Å². The highest BCUT2D eigenvalue weighted by Crippen LogP contribution is 2.28. The van der Waals surface area contributed by atoms with Crippen LogP contribution < -0.4 is 5.32 Å². The maximum Gasteiger partial charge on any atom is 0.202 e. The molecular weight excluding hydrogens is 218 g/mol. The Kier molecular flexibility index (Phi) is 3.79. The molecule has 2 rings (SSSR count). The Morgan fingerprint density at radius 2 is 2.25 bits per heavy atom. The zero-order chi connectivity index (χ0) is 11.5. The van der Waals surface area contributed by atoms with E-state index in [4.69, 9.17) is 0 Å². The van der Waals surface area contributed by atoms with Gasteiger partial charge in [0.1, 0.15) is 5.82 Å². The van der Waals surface area contributed by atoms with Crippen LogP contribution in [0.5, 0.6) is 0 Å². The molecule has 4 heteroatoms. The molecule has 0 saturated heterocycles. The maximum absolute atomic E-state index is 4.54. The first kappa shape index (κ1) is 11.8. The first-order valence-electron chi connectivity index (χ1n) is 6.22. The SMILES string of the molecule is CC(C)Cc1nsc(NC2CCC(C)C2)n1. The van der Waals surface area contributed by atoms with E-state index in [9.17, 15) is 0 Å². The zero-order valence-corrected chi connectivity index (χ0v) is 11.2. The second-order valence-electron chi connectivity index (χ2n) is 5.37. The molecule has 0 bridgehead atoms. The second-order valence-corrected chi connectivity index (χ2v) is 6.13. The average Bonchev–Trinajstić information content (AvgIpc) is 2.76. The molecular formula is C12H21N3S. The first-order chi connectivity index (χ1) is 7.63. The lowest BCUT2D eigenvalue weighted by molar-refractivity contribution is 0.602. The Hall–Kier alpha value is -0.640. The number of aromatic nitrogens is 2. The van der Waals surface area contributed by atoms with E-state index in [-0.39, 0.29) is 0 Å². The van der Waals surface area contributed by atoms with Crippen molar-refractivity contribution in [1.82, 2.24) is 9.36 Å². The predicted octanol–water partition coefficient (Wildman–Crippen LogP) is 3.34. The van der Waals surface area contributed by atoms with Crippen molar-refractivity contribution in [3.63, 3.8) is 0 Å². The van der Waals surface area contributed by atoms with Crippen LogP contribution >= 0.6 is 11.5 Å². The van der Waals surface area contributed by atoms with Crippen molar-refractivity contribution in [3.05, 3.63) is 5.82 Å². The standard InChI is InChI=1S/C12H21N3S/c1-8(2)6-11-14-12(16-15-11)13-10-5-4-9(3)7-10/h8-10H,4-7H2,1-3H3,(H,13,14,15). The minimum atomic E-state index is 0.620. The van der Waals surface area contributed by atoms with Gasteiger partial charge in [0.2, 0.25) is 5.13 Å². The molecule has 1 heterocycles. The van der Waals surface area contributed by atoms with Gasteiger partial charge < -0.3 is 5.32 Å². The molecule has 0 aliphatic heterocycles. The molecule has 1 aromatic heterocycles. The van der Waals surface area contributed by atoms with E-state index in [0.29, 0.717) is 12.0 Å². The zero-order valence-electron chi connectivity index (χ0n) is 10.4.